The zero-order valence-electron chi connectivity index (χ0n) is 68.3. The lowest BCUT2D eigenvalue weighted by molar-refractivity contribution is 0.111. The summed E-state index contributed by atoms with van der Waals surface area (Å²) in [5.41, 5.74) is 26.9. The van der Waals surface area contributed by atoms with Crippen LogP contribution in [0.4, 0.5) is 11.4 Å². The second-order valence-electron chi connectivity index (χ2n) is 32.5. The minimum atomic E-state index is -3.25. The molecule has 0 radical (unpaired) electrons. The first-order valence-electron chi connectivity index (χ1n) is 40.0. The molecule has 0 bridgehead atoms. The summed E-state index contributed by atoms with van der Waals surface area (Å²) in [5, 5.41) is 44.8. The van der Waals surface area contributed by atoms with Crippen LogP contribution in [0.15, 0.2) is 115 Å². The van der Waals surface area contributed by atoms with E-state index in [1.54, 1.807) is 45.1 Å². The van der Waals surface area contributed by atoms with Gasteiger partial charge in [-0.05, 0) is 296 Å². The molecule has 606 valence electrons. The van der Waals surface area contributed by atoms with Gasteiger partial charge < -0.3 is 28.5 Å². The van der Waals surface area contributed by atoms with E-state index in [2.05, 4.69) is 133 Å². The summed E-state index contributed by atoms with van der Waals surface area (Å²) in [6, 6.07) is 26.4. The number of sulfone groups is 1. The molecule has 3 fully saturated rings. The van der Waals surface area contributed by atoms with Gasteiger partial charge in [0.05, 0.1) is 74.7 Å². The highest BCUT2D eigenvalue weighted by Crippen LogP contribution is 2.48. The number of hydrogen-bond acceptors (Lipinski definition) is 11. The van der Waals surface area contributed by atoms with E-state index in [1.165, 1.54) is 68.5 Å². The lowest BCUT2D eigenvalue weighted by Crippen LogP contribution is -2.36. The highest BCUT2D eigenvalue weighted by Gasteiger charge is 2.35. The quantitative estimate of drug-likeness (QED) is 0.0815. The van der Waals surface area contributed by atoms with Crippen LogP contribution in [0, 0.1) is 98.1 Å². The number of aromatic nitrogens is 7. The average Bonchev–Trinajstić information content (AvgIpc) is 1.75. The van der Waals surface area contributed by atoms with Crippen molar-refractivity contribution in [2.75, 3.05) is 26.1 Å². The molecule has 0 unspecified atom stereocenters. The molecule has 0 amide bonds. The first-order chi connectivity index (χ1) is 55.7. The Kier molecular flexibility index (Phi) is 25.9. The Morgan fingerprint density at radius 2 is 0.974 bits per heavy atom. The number of nitriles is 2. The average molecular weight is 1730 g/mol. The van der Waals surface area contributed by atoms with Crippen molar-refractivity contribution in [3.63, 3.8) is 0 Å². The van der Waals surface area contributed by atoms with Crippen LogP contribution in [0.3, 0.4) is 0 Å². The summed E-state index contributed by atoms with van der Waals surface area (Å²) < 4.78 is 59.4. The van der Waals surface area contributed by atoms with Crippen molar-refractivity contribution in [3.8, 4) is 56.6 Å². The van der Waals surface area contributed by atoms with Crippen LogP contribution in [0.5, 0.6) is 0 Å². The zero-order chi connectivity index (χ0) is 84.0. The number of aliphatic hydroxyl groups is 2. The number of nitrogens with zero attached hydrogens (tertiary/aromatic N) is 12. The van der Waals surface area contributed by atoms with E-state index < -0.39 is 19.9 Å². The number of fused-ring (bicyclic) bond motifs is 5. The third kappa shape index (κ3) is 17.4. The fourth-order valence-electron chi connectivity index (χ4n) is 17.9. The first-order valence-corrected chi connectivity index (χ1v) is 45.5. The fraction of sp³-hybridized carbons (Fsp3) is 0.387. The number of aryl methyl sites for hydroxylation is 8. The van der Waals surface area contributed by atoms with Crippen molar-refractivity contribution >= 4 is 126 Å². The first kappa shape index (κ1) is 85.7. The van der Waals surface area contributed by atoms with Crippen LogP contribution in [-0.4, -0.2) is 108 Å². The molecular formula is C93H98BrCl3N12O6S2. The van der Waals surface area contributed by atoms with Gasteiger partial charge in [0.15, 0.2) is 11.4 Å². The number of halogens is 4. The molecule has 24 heteroatoms. The molecule has 5 aromatic carbocycles. The van der Waals surface area contributed by atoms with Gasteiger partial charge in [0.25, 0.3) is 0 Å². The molecule has 7 heterocycles. The van der Waals surface area contributed by atoms with Crippen LogP contribution in [0.2, 0.25) is 15.1 Å². The maximum Gasteiger partial charge on any atom is 0.216 e. The van der Waals surface area contributed by atoms with Crippen LogP contribution in [-0.2, 0) is 39.2 Å². The molecule has 4 aliphatic rings. The van der Waals surface area contributed by atoms with Crippen LogP contribution < -0.4 is 0 Å². The molecule has 0 saturated heterocycles. The van der Waals surface area contributed by atoms with Gasteiger partial charge in [0, 0.05) is 178 Å². The van der Waals surface area contributed by atoms with E-state index in [-0.39, 0.29) is 29.3 Å². The predicted octanol–water partition coefficient (Wildman–Crippen LogP) is 23.0. The van der Waals surface area contributed by atoms with Gasteiger partial charge in [-0.2, -0.15) is 10.5 Å². The highest BCUT2D eigenvalue weighted by molar-refractivity contribution is 9.10. The van der Waals surface area contributed by atoms with Crippen molar-refractivity contribution in [2.24, 2.45) is 0 Å². The largest absolute Gasteiger partial charge is 0.393 e. The molecule has 2 N–H and O–H groups in total. The van der Waals surface area contributed by atoms with Crippen molar-refractivity contribution < 1.29 is 27.0 Å². The summed E-state index contributed by atoms with van der Waals surface area (Å²) >= 11 is 23.4. The number of benzene rings is 5. The van der Waals surface area contributed by atoms with E-state index in [0.717, 1.165) is 185 Å². The zero-order valence-corrected chi connectivity index (χ0v) is 73.8. The summed E-state index contributed by atoms with van der Waals surface area (Å²) in [4.78, 5) is 20.4. The number of sulfonamides is 1. The van der Waals surface area contributed by atoms with Gasteiger partial charge in [0.2, 0.25) is 10.0 Å². The highest BCUT2D eigenvalue weighted by atomic mass is 79.9. The van der Waals surface area contributed by atoms with E-state index in [4.69, 9.17) is 47.9 Å². The predicted molar refractivity (Wildman–Crippen MR) is 477 cm³/mol. The van der Waals surface area contributed by atoms with Crippen molar-refractivity contribution in [1.82, 2.24) is 37.5 Å². The summed E-state index contributed by atoms with van der Waals surface area (Å²) in [6.45, 7) is 33.5. The van der Waals surface area contributed by atoms with Gasteiger partial charge in [-0.3, -0.25) is 9.97 Å². The molecule has 12 aromatic rings. The topological polar surface area (TPSA) is 227 Å². The molecule has 0 aliphatic heterocycles. The standard InChI is InChI=1S/C26H28N2O.C24H27ClN4O2S.C22H21BrClN3O.C21H22ClN3O2S/c1-16-12-26-24(13-19(16)14-27)25(15-28(26)20-7-9-21(29)10-8-20)23-11-6-18-4-3-5-22(18)17(23)2;1-15-9-23-20(10-17(15)11-26)22(21-13-27-12-16(2)24(21)25)14-29(23)18-5-7-19(8-6-18)32(30,31)28(3)4;1-12-8-20-16(9-19(12)25-3)18(17-10-26-22(23)13(2)21(17)24)11-27(20)14-4-6-15(28)7-5-14;1-13-9-19-16(10-18(13)23-4)20(17-12-24-11-14(2)21(17)22)15(3)25(19)7-6-8-28(5,26)27/h6,11-13,15,20-21,29H,3-5,7-10H2,1-2H3;9-10,12-14,18-19H,5-8H2,1-4H3;8-11,14-15,28H,4-7H2,1-2H3;9-12H,6-8H2,1-3,5H3. The maximum absolute atomic E-state index is 12.6. The molecular weight excluding hydrogens is 1630 g/mol. The van der Waals surface area contributed by atoms with Crippen molar-refractivity contribution in [2.45, 2.75) is 207 Å². The van der Waals surface area contributed by atoms with Crippen molar-refractivity contribution in [1.29, 1.82) is 10.5 Å². The van der Waals surface area contributed by atoms with Gasteiger partial charge in [-0.15, -0.1) is 0 Å². The molecule has 0 spiro atoms. The number of hydrogen-bond donors (Lipinski definition) is 2. The summed E-state index contributed by atoms with van der Waals surface area (Å²) in [5.74, 6) is 0.132. The minimum Gasteiger partial charge on any atom is -0.393 e. The van der Waals surface area contributed by atoms with Gasteiger partial charge in [-0.1, -0.05) is 46.9 Å². The molecule has 117 heavy (non-hydrogen) atoms. The number of aliphatic hydroxyl groups excluding tert-OH is 2. The normalized spacial score (nSPS) is 18.1. The minimum absolute atomic E-state index is 0.132. The second kappa shape index (κ2) is 35.4. The molecule has 3 saturated carbocycles. The second-order valence-corrected chi connectivity index (χ2v) is 39.1. The molecule has 16 rings (SSSR count). The van der Waals surface area contributed by atoms with Gasteiger partial charge in [0.1, 0.15) is 14.4 Å². The lowest BCUT2D eigenvalue weighted by atomic mass is 9.93. The van der Waals surface area contributed by atoms with E-state index in [1.807, 2.05) is 79.7 Å². The Morgan fingerprint density at radius 3 is 1.46 bits per heavy atom. The fourth-order valence-corrected chi connectivity index (χ4v) is 21.1. The molecule has 7 aromatic heterocycles. The number of pyridine rings is 3. The Bertz CT molecular complexity index is 6330. The number of rotatable bonds is 13. The summed E-state index contributed by atoms with van der Waals surface area (Å²) in [6.07, 6.45) is 30.5. The smallest absolute Gasteiger partial charge is 0.216 e. The van der Waals surface area contributed by atoms with E-state index in [9.17, 15) is 37.6 Å². The Morgan fingerprint density at radius 1 is 0.530 bits per heavy atom. The third-order valence-electron chi connectivity index (χ3n) is 24.6. The van der Waals surface area contributed by atoms with Crippen molar-refractivity contribution in [3.05, 3.63) is 225 Å². The third-order valence-corrected chi connectivity index (χ3v) is 30.3. The molecule has 0 atom stereocenters. The van der Waals surface area contributed by atoms with Crippen LogP contribution in [0.25, 0.3) is 97.8 Å². The van der Waals surface area contributed by atoms with E-state index >= 15 is 0 Å². The Hall–Kier alpha value is -9.20. The Labute approximate surface area is 710 Å². The Balaban J connectivity index is 0.000000136. The van der Waals surface area contributed by atoms with Gasteiger partial charge in [-0.25, -0.2) is 35.8 Å². The van der Waals surface area contributed by atoms with Crippen LogP contribution >= 0.6 is 50.7 Å². The monoisotopic (exact) mass is 1730 g/mol. The maximum atomic E-state index is 12.6. The molecule has 4 aliphatic carbocycles. The summed E-state index contributed by atoms with van der Waals surface area (Å²) in [7, 11) is -3.07. The van der Waals surface area contributed by atoms with Gasteiger partial charge >= 0.3 is 0 Å². The SMILES string of the molecule is Cc1cc2c(cc1C#N)c(-c1ccc3c(c1C)CCC3)cn2C1CCC(O)CC1.Cc1cc2c(cc1C#N)c(-c1cncc(C)c1Cl)cn2C1CCC(S(=O)(=O)N(C)C)CC1.[C-]#[N+]c1cc2c(-c3cnc(Br)c(C)c3Cl)cn(C3CCC(O)CC3)c2cc1C.[C-]#[N+]c1cc2c(-c3cncc(C)c3Cl)c(C)n(CCCS(C)(=O)=O)c2cc1C. The lowest BCUT2D eigenvalue weighted by Gasteiger charge is -2.31. The van der Waals surface area contributed by atoms with E-state index in [0.29, 0.717) is 69.9 Å². The molecule has 18 nitrogen and oxygen atoms in total. The van der Waals surface area contributed by atoms with Crippen LogP contribution in [0.1, 0.15) is 180 Å².